The summed E-state index contributed by atoms with van der Waals surface area (Å²) in [7, 11) is 1.44. The van der Waals surface area contributed by atoms with Crippen molar-refractivity contribution < 1.29 is 32.2 Å². The van der Waals surface area contributed by atoms with Gasteiger partial charge in [0.25, 0.3) is 0 Å². The van der Waals surface area contributed by atoms with E-state index in [1.54, 1.807) is 30.4 Å². The molecule has 2 aromatic rings. The number of aryl methyl sites for hydroxylation is 1. The van der Waals surface area contributed by atoms with E-state index in [-0.39, 0.29) is 17.2 Å². The Morgan fingerprint density at radius 1 is 1.23 bits per heavy atom. The van der Waals surface area contributed by atoms with Gasteiger partial charge in [0.1, 0.15) is 16.3 Å². The summed E-state index contributed by atoms with van der Waals surface area (Å²) in [4.78, 5) is 23.6. The molecule has 1 aromatic carbocycles. The highest BCUT2D eigenvalue weighted by atomic mass is 32.1. The van der Waals surface area contributed by atoms with Gasteiger partial charge in [-0.3, -0.25) is 4.79 Å². The predicted molar refractivity (Wildman–Crippen MR) is 91.7 cm³/mol. The summed E-state index contributed by atoms with van der Waals surface area (Å²) in [5.74, 6) is -2.55. The van der Waals surface area contributed by atoms with Crippen molar-refractivity contribution in [3.63, 3.8) is 0 Å². The van der Waals surface area contributed by atoms with E-state index in [2.05, 4.69) is 0 Å². The zero-order chi connectivity index (χ0) is 19.5. The third-order valence-corrected chi connectivity index (χ3v) is 4.30. The number of alkyl halides is 3. The quantitative estimate of drug-likeness (QED) is 0.772. The number of methoxy groups -OCH3 is 1. The number of hydrogen-bond donors (Lipinski definition) is 1. The highest BCUT2D eigenvalue weighted by Crippen LogP contribution is 2.41. The van der Waals surface area contributed by atoms with Gasteiger partial charge in [0.15, 0.2) is 0 Å². The van der Waals surface area contributed by atoms with Gasteiger partial charge in [-0.15, -0.1) is 11.3 Å². The van der Waals surface area contributed by atoms with E-state index in [1.165, 1.54) is 12.5 Å². The summed E-state index contributed by atoms with van der Waals surface area (Å²) in [5, 5.41) is 2.99. The molecular formula is C17H16F3NO4S. The minimum atomic E-state index is -5.07. The summed E-state index contributed by atoms with van der Waals surface area (Å²) in [6.45, 7) is 3.43. The fourth-order valence-corrected chi connectivity index (χ4v) is 3.20. The van der Waals surface area contributed by atoms with Crippen LogP contribution in [0.15, 0.2) is 23.6 Å². The van der Waals surface area contributed by atoms with Gasteiger partial charge in [-0.2, -0.15) is 13.2 Å². The number of amides is 1. The van der Waals surface area contributed by atoms with Crippen molar-refractivity contribution in [1.82, 2.24) is 0 Å². The Kier molecular flexibility index (Phi) is 5.91. The maximum Gasteiger partial charge on any atom is 0.471 e. The highest BCUT2D eigenvalue weighted by Gasteiger charge is 2.40. The molecular weight excluding hydrogens is 371 g/mol. The van der Waals surface area contributed by atoms with Gasteiger partial charge >= 0.3 is 18.1 Å². The van der Waals surface area contributed by atoms with E-state index in [9.17, 15) is 22.8 Å². The molecule has 0 fully saturated rings. The van der Waals surface area contributed by atoms with Gasteiger partial charge in [-0.05, 0) is 26.0 Å². The zero-order valence-corrected chi connectivity index (χ0v) is 15.0. The average molecular weight is 387 g/mol. The molecule has 0 radical (unpaired) electrons. The number of benzene rings is 1. The molecule has 26 heavy (non-hydrogen) atoms. The van der Waals surface area contributed by atoms with E-state index in [0.717, 1.165) is 16.9 Å². The second-order valence-corrected chi connectivity index (χ2v) is 6.11. The van der Waals surface area contributed by atoms with E-state index in [0.29, 0.717) is 16.9 Å². The molecule has 2 rings (SSSR count). The molecule has 9 heteroatoms. The normalized spacial score (nSPS) is 11.2. The fraction of sp³-hybridized carbons (Fsp3) is 0.294. The number of rotatable bonds is 5. The molecule has 0 saturated heterocycles. The van der Waals surface area contributed by atoms with Gasteiger partial charge in [0.2, 0.25) is 0 Å². The number of anilines is 1. The number of esters is 1. The van der Waals surface area contributed by atoms with Crippen LogP contribution in [0.3, 0.4) is 0 Å². The molecule has 1 amide bonds. The Morgan fingerprint density at radius 2 is 1.92 bits per heavy atom. The molecule has 0 aliphatic rings. The first-order valence-corrected chi connectivity index (χ1v) is 8.38. The van der Waals surface area contributed by atoms with Crippen LogP contribution in [0.25, 0.3) is 11.1 Å². The van der Waals surface area contributed by atoms with Crippen molar-refractivity contribution in [2.45, 2.75) is 20.0 Å². The molecule has 0 saturated carbocycles. The lowest BCUT2D eigenvalue weighted by atomic mass is 10.0. The van der Waals surface area contributed by atoms with Crippen LogP contribution in [0, 0.1) is 6.92 Å². The standard InChI is InChI=1S/C17H16F3NO4S/c1-4-25-15(22)13-11(10-7-9(2)5-6-12(10)24-3)8-26-14(13)21-16(23)17(18,19)20/h5-8H,4H2,1-3H3,(H,21,23). The minimum absolute atomic E-state index is 0.0335. The van der Waals surface area contributed by atoms with Crippen molar-refractivity contribution in [1.29, 1.82) is 0 Å². The molecule has 0 aliphatic carbocycles. The minimum Gasteiger partial charge on any atom is -0.496 e. The van der Waals surface area contributed by atoms with Crippen LogP contribution in [-0.4, -0.2) is 31.8 Å². The van der Waals surface area contributed by atoms with E-state index < -0.39 is 18.1 Å². The lowest BCUT2D eigenvalue weighted by Gasteiger charge is -2.12. The van der Waals surface area contributed by atoms with E-state index >= 15 is 0 Å². The molecule has 0 aliphatic heterocycles. The van der Waals surface area contributed by atoms with E-state index in [1.807, 2.05) is 6.92 Å². The molecule has 5 nitrogen and oxygen atoms in total. The summed E-state index contributed by atoms with van der Waals surface area (Å²) < 4.78 is 48.0. The topological polar surface area (TPSA) is 64.6 Å². The Bertz CT molecular complexity index is 830. The number of hydrogen-bond acceptors (Lipinski definition) is 5. The Hall–Kier alpha value is -2.55. The second-order valence-electron chi connectivity index (χ2n) is 5.23. The van der Waals surface area contributed by atoms with Crippen LogP contribution in [0.2, 0.25) is 0 Å². The van der Waals surface area contributed by atoms with Crippen LogP contribution >= 0.6 is 11.3 Å². The fourth-order valence-electron chi connectivity index (χ4n) is 2.26. The lowest BCUT2D eigenvalue weighted by molar-refractivity contribution is -0.167. The first-order valence-electron chi connectivity index (χ1n) is 7.50. The van der Waals surface area contributed by atoms with Crippen LogP contribution in [0.4, 0.5) is 18.2 Å². The van der Waals surface area contributed by atoms with Crippen molar-refractivity contribution in [2.75, 3.05) is 19.0 Å². The molecule has 0 bridgehead atoms. The monoisotopic (exact) mass is 387 g/mol. The molecule has 1 N–H and O–H groups in total. The van der Waals surface area contributed by atoms with Crippen molar-refractivity contribution in [3.8, 4) is 16.9 Å². The highest BCUT2D eigenvalue weighted by molar-refractivity contribution is 7.15. The third-order valence-electron chi connectivity index (χ3n) is 3.40. The predicted octanol–water partition coefficient (Wildman–Crippen LogP) is 4.41. The van der Waals surface area contributed by atoms with Gasteiger partial charge in [0, 0.05) is 16.5 Å². The Balaban J connectivity index is 2.59. The Morgan fingerprint density at radius 3 is 2.50 bits per heavy atom. The largest absolute Gasteiger partial charge is 0.496 e. The number of carbonyl (C=O) groups excluding carboxylic acids is 2. The van der Waals surface area contributed by atoms with Crippen molar-refractivity contribution in [2.24, 2.45) is 0 Å². The molecule has 0 atom stereocenters. The molecule has 0 unspecified atom stereocenters. The van der Waals surface area contributed by atoms with E-state index in [4.69, 9.17) is 9.47 Å². The summed E-state index contributed by atoms with van der Waals surface area (Å²) in [6, 6.07) is 5.22. The second kappa shape index (κ2) is 7.77. The number of thiophene rings is 1. The number of carbonyl (C=O) groups is 2. The average Bonchev–Trinajstić information content (AvgIpc) is 2.97. The van der Waals surface area contributed by atoms with Gasteiger partial charge in [0.05, 0.1) is 13.7 Å². The summed E-state index contributed by atoms with van der Waals surface area (Å²) in [6.07, 6.45) is -5.07. The van der Waals surface area contributed by atoms with Gasteiger partial charge in [-0.1, -0.05) is 11.6 Å². The maximum atomic E-state index is 12.6. The van der Waals surface area contributed by atoms with Crippen LogP contribution in [0.5, 0.6) is 5.75 Å². The van der Waals surface area contributed by atoms with Gasteiger partial charge < -0.3 is 14.8 Å². The van der Waals surface area contributed by atoms with Crippen LogP contribution in [0.1, 0.15) is 22.8 Å². The molecule has 1 heterocycles. The number of halogens is 3. The number of nitrogens with one attached hydrogen (secondary N) is 1. The van der Waals surface area contributed by atoms with Crippen LogP contribution < -0.4 is 10.1 Å². The van der Waals surface area contributed by atoms with Crippen molar-refractivity contribution in [3.05, 3.63) is 34.7 Å². The van der Waals surface area contributed by atoms with Crippen molar-refractivity contribution >= 4 is 28.2 Å². The molecule has 140 valence electrons. The SMILES string of the molecule is CCOC(=O)c1c(-c2cc(C)ccc2OC)csc1NC(=O)C(F)(F)F. The summed E-state index contributed by atoms with van der Waals surface area (Å²) in [5.41, 5.74) is 1.56. The first-order chi connectivity index (χ1) is 12.2. The number of ether oxygens (including phenoxy) is 2. The summed E-state index contributed by atoms with van der Waals surface area (Å²) >= 11 is 0.806. The first kappa shape index (κ1) is 19.8. The zero-order valence-electron chi connectivity index (χ0n) is 14.2. The maximum absolute atomic E-state index is 12.6. The smallest absolute Gasteiger partial charge is 0.471 e. The molecule has 0 spiro atoms. The van der Waals surface area contributed by atoms with Gasteiger partial charge in [-0.25, -0.2) is 4.79 Å². The third kappa shape index (κ3) is 4.16. The lowest BCUT2D eigenvalue weighted by Crippen LogP contribution is -2.30. The Labute approximate surface area is 151 Å². The van der Waals surface area contributed by atoms with Crippen LogP contribution in [-0.2, 0) is 9.53 Å². The molecule has 1 aromatic heterocycles.